The van der Waals surface area contributed by atoms with Gasteiger partial charge in [-0.3, -0.25) is 4.79 Å². The largest absolute Gasteiger partial charge is 0.481 e. The molecule has 1 aliphatic rings. The molecule has 0 radical (unpaired) electrons. The molecule has 30 heavy (non-hydrogen) atoms. The van der Waals surface area contributed by atoms with Crippen molar-refractivity contribution in [3.8, 4) is 16.9 Å². The van der Waals surface area contributed by atoms with Crippen LogP contribution in [0.25, 0.3) is 11.1 Å². The molecule has 4 rings (SSSR count). The van der Waals surface area contributed by atoms with Gasteiger partial charge < -0.3 is 9.64 Å². The Hall–Kier alpha value is -3.07. The summed E-state index contributed by atoms with van der Waals surface area (Å²) in [7, 11) is 0. The molecule has 3 aromatic carbocycles. The Bertz CT molecular complexity index is 930. The second-order valence-electron chi connectivity index (χ2n) is 8.11. The molecule has 1 amide bonds. The van der Waals surface area contributed by atoms with E-state index in [2.05, 4.69) is 48.5 Å². The van der Waals surface area contributed by atoms with Gasteiger partial charge in [-0.2, -0.15) is 0 Å². The van der Waals surface area contributed by atoms with Crippen LogP contribution in [0.1, 0.15) is 25.3 Å². The average Bonchev–Trinajstić information content (AvgIpc) is 2.81. The molecule has 0 bridgehead atoms. The summed E-state index contributed by atoms with van der Waals surface area (Å²) in [5, 5.41) is 0. The number of benzene rings is 3. The summed E-state index contributed by atoms with van der Waals surface area (Å²) in [6.45, 7) is 3.47. The molecule has 0 saturated carbocycles. The van der Waals surface area contributed by atoms with Gasteiger partial charge in [0.15, 0.2) is 6.10 Å². The summed E-state index contributed by atoms with van der Waals surface area (Å²) in [6.07, 6.45) is 2.72. The average molecular weight is 400 g/mol. The first kappa shape index (κ1) is 20.2. The van der Waals surface area contributed by atoms with Crippen molar-refractivity contribution in [3.05, 3.63) is 90.5 Å². The lowest BCUT2D eigenvalue weighted by atomic mass is 9.89. The standard InChI is InChI=1S/C27H29NO2/c1-21(30-26-10-6-3-7-11-26)27(29)28-18-16-23(17-19-28)20-22-12-14-25(15-13-22)24-8-4-2-5-9-24/h2-15,21,23H,16-20H2,1H3. The van der Waals surface area contributed by atoms with Crippen LogP contribution in [0.15, 0.2) is 84.9 Å². The monoisotopic (exact) mass is 399 g/mol. The zero-order valence-corrected chi connectivity index (χ0v) is 17.5. The summed E-state index contributed by atoms with van der Waals surface area (Å²) in [5.74, 6) is 1.46. The third kappa shape index (κ3) is 5.10. The molecule has 0 N–H and O–H groups in total. The van der Waals surface area contributed by atoms with E-state index in [0.717, 1.165) is 38.1 Å². The van der Waals surface area contributed by atoms with Gasteiger partial charge in [-0.05, 0) is 60.9 Å². The third-order valence-electron chi connectivity index (χ3n) is 5.92. The Morgan fingerprint density at radius 2 is 1.43 bits per heavy atom. The zero-order valence-electron chi connectivity index (χ0n) is 17.5. The van der Waals surface area contributed by atoms with Crippen LogP contribution in [0.2, 0.25) is 0 Å². The highest BCUT2D eigenvalue weighted by Gasteiger charge is 2.27. The molecule has 3 heteroatoms. The number of hydrogen-bond donors (Lipinski definition) is 0. The van der Waals surface area contributed by atoms with E-state index in [1.165, 1.54) is 16.7 Å². The van der Waals surface area contributed by atoms with Crippen molar-refractivity contribution in [2.24, 2.45) is 5.92 Å². The van der Waals surface area contributed by atoms with E-state index in [9.17, 15) is 4.79 Å². The van der Waals surface area contributed by atoms with Crippen molar-refractivity contribution < 1.29 is 9.53 Å². The molecule has 1 atom stereocenters. The number of hydrogen-bond acceptors (Lipinski definition) is 2. The fraction of sp³-hybridized carbons (Fsp3) is 0.296. The highest BCUT2D eigenvalue weighted by molar-refractivity contribution is 5.81. The van der Waals surface area contributed by atoms with Crippen molar-refractivity contribution in [2.45, 2.75) is 32.3 Å². The lowest BCUT2D eigenvalue weighted by Gasteiger charge is -2.33. The first-order valence-corrected chi connectivity index (χ1v) is 10.8. The predicted octanol–water partition coefficient (Wildman–Crippen LogP) is 5.60. The molecule has 1 aliphatic heterocycles. The Morgan fingerprint density at radius 3 is 2.07 bits per heavy atom. The summed E-state index contributed by atoms with van der Waals surface area (Å²) >= 11 is 0. The highest BCUT2D eigenvalue weighted by Crippen LogP contribution is 2.25. The van der Waals surface area contributed by atoms with Crippen LogP contribution < -0.4 is 4.74 Å². The van der Waals surface area contributed by atoms with E-state index >= 15 is 0 Å². The first-order chi connectivity index (χ1) is 14.7. The van der Waals surface area contributed by atoms with Crippen LogP contribution in [0, 0.1) is 5.92 Å². The number of carbonyl (C=O) groups is 1. The van der Waals surface area contributed by atoms with Gasteiger partial charge in [-0.1, -0.05) is 72.8 Å². The summed E-state index contributed by atoms with van der Waals surface area (Å²) in [4.78, 5) is 14.7. The summed E-state index contributed by atoms with van der Waals surface area (Å²) in [6, 6.07) is 29.0. The highest BCUT2D eigenvalue weighted by atomic mass is 16.5. The predicted molar refractivity (Wildman–Crippen MR) is 121 cm³/mol. The number of nitrogens with zero attached hydrogens (tertiary/aromatic N) is 1. The van der Waals surface area contributed by atoms with E-state index in [1.54, 1.807) is 0 Å². The maximum absolute atomic E-state index is 12.7. The minimum absolute atomic E-state index is 0.0875. The molecular weight excluding hydrogens is 370 g/mol. The van der Waals surface area contributed by atoms with Gasteiger partial charge in [0.1, 0.15) is 5.75 Å². The van der Waals surface area contributed by atoms with Gasteiger partial charge >= 0.3 is 0 Å². The van der Waals surface area contributed by atoms with Gasteiger partial charge in [-0.25, -0.2) is 0 Å². The van der Waals surface area contributed by atoms with Gasteiger partial charge in [0.25, 0.3) is 5.91 Å². The maximum Gasteiger partial charge on any atom is 0.263 e. The molecular formula is C27H29NO2. The fourth-order valence-corrected chi connectivity index (χ4v) is 4.17. The van der Waals surface area contributed by atoms with E-state index in [-0.39, 0.29) is 5.91 Å². The molecule has 1 fully saturated rings. The first-order valence-electron chi connectivity index (χ1n) is 10.8. The number of rotatable bonds is 6. The Kier molecular flexibility index (Phi) is 6.48. The molecule has 3 aromatic rings. The van der Waals surface area contributed by atoms with E-state index in [1.807, 2.05) is 48.2 Å². The van der Waals surface area contributed by atoms with E-state index < -0.39 is 6.10 Å². The van der Waals surface area contributed by atoms with Crippen LogP contribution in [0.4, 0.5) is 0 Å². The molecule has 1 unspecified atom stereocenters. The number of para-hydroxylation sites is 1. The molecule has 3 nitrogen and oxygen atoms in total. The van der Waals surface area contributed by atoms with Crippen molar-refractivity contribution in [1.29, 1.82) is 0 Å². The topological polar surface area (TPSA) is 29.5 Å². The van der Waals surface area contributed by atoms with Crippen LogP contribution >= 0.6 is 0 Å². The molecule has 0 aromatic heterocycles. The smallest absolute Gasteiger partial charge is 0.263 e. The van der Waals surface area contributed by atoms with Crippen molar-refractivity contribution in [2.75, 3.05) is 13.1 Å². The van der Waals surface area contributed by atoms with Crippen molar-refractivity contribution >= 4 is 5.91 Å². The molecule has 154 valence electrons. The number of likely N-dealkylation sites (tertiary alicyclic amines) is 1. The van der Waals surface area contributed by atoms with Gasteiger partial charge in [0, 0.05) is 13.1 Å². The molecule has 0 spiro atoms. The van der Waals surface area contributed by atoms with Crippen LogP contribution in [-0.4, -0.2) is 30.0 Å². The fourth-order valence-electron chi connectivity index (χ4n) is 4.17. The number of amides is 1. The van der Waals surface area contributed by atoms with E-state index in [0.29, 0.717) is 5.92 Å². The quantitative estimate of drug-likeness (QED) is 0.540. The maximum atomic E-state index is 12.7. The van der Waals surface area contributed by atoms with Crippen molar-refractivity contribution in [3.63, 3.8) is 0 Å². The molecule has 1 heterocycles. The second-order valence-corrected chi connectivity index (χ2v) is 8.11. The van der Waals surface area contributed by atoms with Gasteiger partial charge in [-0.15, -0.1) is 0 Å². The van der Waals surface area contributed by atoms with Crippen LogP contribution in [-0.2, 0) is 11.2 Å². The minimum atomic E-state index is -0.450. The molecule has 1 saturated heterocycles. The third-order valence-corrected chi connectivity index (χ3v) is 5.92. The normalized spacial score (nSPS) is 15.6. The summed E-state index contributed by atoms with van der Waals surface area (Å²) < 4.78 is 5.81. The number of carbonyl (C=O) groups excluding carboxylic acids is 1. The Balaban J connectivity index is 1.27. The lowest BCUT2D eigenvalue weighted by Crippen LogP contribution is -2.45. The van der Waals surface area contributed by atoms with Crippen LogP contribution in [0.5, 0.6) is 5.75 Å². The molecule has 0 aliphatic carbocycles. The number of piperidine rings is 1. The Labute approximate surface area is 179 Å². The van der Waals surface area contributed by atoms with Crippen molar-refractivity contribution in [1.82, 2.24) is 4.90 Å². The SMILES string of the molecule is CC(Oc1ccccc1)C(=O)N1CCC(Cc2ccc(-c3ccccc3)cc2)CC1. The van der Waals surface area contributed by atoms with Gasteiger partial charge in [0.05, 0.1) is 0 Å². The lowest BCUT2D eigenvalue weighted by molar-refractivity contribution is -0.139. The summed E-state index contributed by atoms with van der Waals surface area (Å²) in [5.41, 5.74) is 3.88. The minimum Gasteiger partial charge on any atom is -0.481 e. The van der Waals surface area contributed by atoms with Crippen LogP contribution in [0.3, 0.4) is 0 Å². The second kappa shape index (κ2) is 9.62. The van der Waals surface area contributed by atoms with E-state index in [4.69, 9.17) is 4.74 Å². The van der Waals surface area contributed by atoms with Gasteiger partial charge in [0.2, 0.25) is 0 Å². The zero-order chi connectivity index (χ0) is 20.8. The number of ether oxygens (including phenoxy) is 1. The Morgan fingerprint density at radius 1 is 0.867 bits per heavy atom.